The zero-order chi connectivity index (χ0) is 14.2. The Morgan fingerprint density at radius 3 is 2.53 bits per heavy atom. The van der Waals surface area contributed by atoms with Crippen LogP contribution in [0.1, 0.15) is 50.8 Å². The zero-order valence-electron chi connectivity index (χ0n) is 12.3. The molecule has 0 heterocycles. The summed E-state index contributed by atoms with van der Waals surface area (Å²) < 4.78 is 0. The van der Waals surface area contributed by atoms with Gasteiger partial charge in [0.2, 0.25) is 0 Å². The minimum atomic E-state index is 0.0881. The molecule has 1 heteroatoms. The van der Waals surface area contributed by atoms with Gasteiger partial charge in [-0.2, -0.15) is 0 Å². The summed E-state index contributed by atoms with van der Waals surface area (Å²) in [4.78, 5) is 11.4. The number of carbonyl (C=O) groups is 1. The Morgan fingerprint density at radius 2 is 1.95 bits per heavy atom. The summed E-state index contributed by atoms with van der Waals surface area (Å²) in [5.74, 6) is 0.0881. The van der Waals surface area contributed by atoms with Gasteiger partial charge < -0.3 is 0 Å². The molecular weight excluding hydrogens is 232 g/mol. The van der Waals surface area contributed by atoms with Gasteiger partial charge in [-0.3, -0.25) is 4.79 Å². The molecular formula is C18H22O. The first-order chi connectivity index (χ1) is 8.79. The van der Waals surface area contributed by atoms with E-state index < -0.39 is 0 Å². The Hall–Kier alpha value is -1.63. The van der Waals surface area contributed by atoms with Crippen molar-refractivity contribution in [2.24, 2.45) is 0 Å². The lowest BCUT2D eigenvalue weighted by atomic mass is 9.79. The molecule has 1 nitrogen and oxygen atoms in total. The Morgan fingerprint density at radius 1 is 1.26 bits per heavy atom. The molecule has 0 aliphatic heterocycles. The number of hydrogen-bond donors (Lipinski definition) is 0. The topological polar surface area (TPSA) is 17.1 Å². The molecule has 2 rings (SSSR count). The summed E-state index contributed by atoms with van der Waals surface area (Å²) in [5, 5.41) is 0. The van der Waals surface area contributed by atoms with Crippen LogP contribution in [-0.2, 0) is 16.6 Å². The lowest BCUT2D eigenvalue weighted by Gasteiger charge is -2.26. The second kappa shape index (κ2) is 4.80. The van der Waals surface area contributed by atoms with Gasteiger partial charge >= 0.3 is 0 Å². The summed E-state index contributed by atoms with van der Waals surface area (Å²) >= 11 is 0. The maximum absolute atomic E-state index is 11.4. The molecule has 0 amide bonds. The predicted octanol–water partition coefficient (Wildman–Crippen LogP) is 4.46. The highest BCUT2D eigenvalue weighted by Gasteiger charge is 2.21. The highest BCUT2D eigenvalue weighted by atomic mass is 16.1. The van der Waals surface area contributed by atoms with Crippen molar-refractivity contribution < 1.29 is 4.79 Å². The number of aryl methyl sites for hydroxylation is 1. The zero-order valence-corrected chi connectivity index (χ0v) is 12.3. The summed E-state index contributed by atoms with van der Waals surface area (Å²) in [6.07, 6.45) is 3.70. The molecule has 0 saturated carbocycles. The van der Waals surface area contributed by atoms with Crippen molar-refractivity contribution >= 4 is 11.4 Å². The lowest BCUT2D eigenvalue weighted by molar-refractivity contribution is -0.112. The molecule has 0 spiro atoms. The number of benzene rings is 1. The molecule has 0 radical (unpaired) electrons. The van der Waals surface area contributed by atoms with Crippen LogP contribution in [0.3, 0.4) is 0 Å². The van der Waals surface area contributed by atoms with Gasteiger partial charge in [0.05, 0.1) is 0 Å². The fourth-order valence-electron chi connectivity index (χ4n) is 2.51. The lowest BCUT2D eigenvalue weighted by Crippen LogP contribution is -2.13. The van der Waals surface area contributed by atoms with Gasteiger partial charge in [0.15, 0.2) is 5.78 Å². The van der Waals surface area contributed by atoms with E-state index >= 15 is 0 Å². The highest BCUT2D eigenvalue weighted by molar-refractivity contribution is 5.99. The van der Waals surface area contributed by atoms with Crippen molar-refractivity contribution in [1.82, 2.24) is 0 Å². The van der Waals surface area contributed by atoms with Crippen molar-refractivity contribution in [1.29, 1.82) is 0 Å². The molecule has 100 valence electrons. The van der Waals surface area contributed by atoms with Crippen LogP contribution in [0.4, 0.5) is 0 Å². The van der Waals surface area contributed by atoms with Gasteiger partial charge in [0.25, 0.3) is 0 Å². The van der Waals surface area contributed by atoms with Crippen molar-refractivity contribution in [2.45, 2.75) is 46.0 Å². The summed E-state index contributed by atoms with van der Waals surface area (Å²) in [7, 11) is 0. The van der Waals surface area contributed by atoms with E-state index in [0.29, 0.717) is 0 Å². The maximum Gasteiger partial charge on any atom is 0.153 e. The molecule has 0 N–H and O–H groups in total. The number of allylic oxidation sites excluding steroid dienone is 3. The average molecular weight is 254 g/mol. The Labute approximate surface area is 116 Å². The quantitative estimate of drug-likeness (QED) is 0.676. The van der Waals surface area contributed by atoms with Crippen molar-refractivity contribution in [3.8, 4) is 0 Å². The number of carbonyl (C=O) groups excluding carboxylic acids is 1. The van der Waals surface area contributed by atoms with E-state index in [1.165, 1.54) is 16.7 Å². The maximum atomic E-state index is 11.4. The van der Waals surface area contributed by atoms with Gasteiger partial charge in [-0.25, -0.2) is 0 Å². The summed E-state index contributed by atoms with van der Waals surface area (Å²) in [6, 6.07) is 6.64. The minimum Gasteiger partial charge on any atom is -0.295 e. The van der Waals surface area contributed by atoms with Gasteiger partial charge in [-0.05, 0) is 59.1 Å². The van der Waals surface area contributed by atoms with Crippen molar-refractivity contribution in [3.05, 3.63) is 53.1 Å². The van der Waals surface area contributed by atoms with E-state index in [-0.39, 0.29) is 11.2 Å². The van der Waals surface area contributed by atoms with E-state index in [4.69, 9.17) is 0 Å². The third-order valence-corrected chi connectivity index (χ3v) is 3.69. The molecule has 1 aromatic rings. The fourth-order valence-corrected chi connectivity index (χ4v) is 2.51. The molecule has 19 heavy (non-hydrogen) atoms. The van der Waals surface area contributed by atoms with E-state index in [0.717, 1.165) is 24.0 Å². The fraction of sp³-hybridized carbons (Fsp3) is 0.389. The normalized spacial score (nSPS) is 17.5. The minimum absolute atomic E-state index is 0.0881. The van der Waals surface area contributed by atoms with Crippen LogP contribution in [-0.4, -0.2) is 5.78 Å². The van der Waals surface area contributed by atoms with Gasteiger partial charge in [-0.15, -0.1) is 0 Å². The van der Waals surface area contributed by atoms with Crippen molar-refractivity contribution in [3.63, 3.8) is 0 Å². The molecule has 1 aliphatic rings. The second-order valence-electron chi connectivity index (χ2n) is 6.39. The molecule has 0 atom stereocenters. The molecule has 0 aromatic heterocycles. The van der Waals surface area contributed by atoms with Gasteiger partial charge in [0, 0.05) is 0 Å². The van der Waals surface area contributed by atoms with Crippen LogP contribution in [0.2, 0.25) is 0 Å². The van der Waals surface area contributed by atoms with Crippen LogP contribution < -0.4 is 0 Å². The average Bonchev–Trinajstić information content (AvgIpc) is 2.30. The first-order valence-corrected chi connectivity index (χ1v) is 6.83. The van der Waals surface area contributed by atoms with Crippen LogP contribution in [0.25, 0.3) is 5.57 Å². The molecule has 1 aliphatic carbocycles. The molecule has 0 saturated heterocycles. The van der Waals surface area contributed by atoms with E-state index in [1.54, 1.807) is 13.0 Å². The number of fused-ring (bicyclic) bond motifs is 1. The van der Waals surface area contributed by atoms with Crippen LogP contribution >= 0.6 is 0 Å². The van der Waals surface area contributed by atoms with E-state index in [9.17, 15) is 4.79 Å². The third-order valence-electron chi connectivity index (χ3n) is 3.69. The molecule has 0 unspecified atom stereocenters. The van der Waals surface area contributed by atoms with Crippen molar-refractivity contribution in [2.75, 3.05) is 0 Å². The van der Waals surface area contributed by atoms with E-state index in [1.807, 2.05) is 0 Å². The Bertz CT molecular complexity index is 568. The molecule has 0 fully saturated rings. The Kier molecular flexibility index (Phi) is 3.49. The van der Waals surface area contributed by atoms with E-state index in [2.05, 4.69) is 45.5 Å². The van der Waals surface area contributed by atoms with Gasteiger partial charge in [-0.1, -0.05) is 45.5 Å². The molecule has 0 bridgehead atoms. The first-order valence-electron chi connectivity index (χ1n) is 6.83. The van der Waals surface area contributed by atoms with Crippen LogP contribution in [0, 0.1) is 0 Å². The first kappa shape index (κ1) is 13.8. The monoisotopic (exact) mass is 254 g/mol. The second-order valence-corrected chi connectivity index (χ2v) is 6.39. The van der Waals surface area contributed by atoms with Gasteiger partial charge in [0.1, 0.15) is 0 Å². The third kappa shape index (κ3) is 2.86. The predicted molar refractivity (Wildman–Crippen MR) is 81.3 cm³/mol. The van der Waals surface area contributed by atoms with Crippen LogP contribution in [0.5, 0.6) is 0 Å². The van der Waals surface area contributed by atoms with Crippen LogP contribution in [0.15, 0.2) is 36.4 Å². The Balaban J connectivity index is 2.60. The SMILES string of the molecule is C=C1CCc2ccc(C(C)(C)C)cc2C1=CC(C)=O. The summed E-state index contributed by atoms with van der Waals surface area (Å²) in [5.41, 5.74) is 6.05. The standard InChI is InChI=1S/C18H22O/c1-12-6-7-14-8-9-15(18(3,4)5)11-17(14)16(12)10-13(2)19/h8-11H,1,6-7H2,2-5H3. The largest absolute Gasteiger partial charge is 0.295 e. The highest BCUT2D eigenvalue weighted by Crippen LogP contribution is 2.36. The number of ketones is 1. The number of rotatable bonds is 1. The number of hydrogen-bond acceptors (Lipinski definition) is 1. The molecule has 1 aromatic carbocycles. The smallest absolute Gasteiger partial charge is 0.153 e. The summed E-state index contributed by atoms with van der Waals surface area (Å²) in [6.45, 7) is 12.3.